The Kier molecular flexibility index (Phi) is 3.81. The molecule has 4 rings (SSSR count). The van der Waals surface area contributed by atoms with E-state index in [1.54, 1.807) is 0 Å². The highest BCUT2D eigenvalue weighted by Crippen LogP contribution is 2.43. The minimum atomic E-state index is 0.157. The van der Waals surface area contributed by atoms with Crippen molar-refractivity contribution in [2.24, 2.45) is 5.92 Å². The number of anilines is 1. The van der Waals surface area contributed by atoms with Gasteiger partial charge in [-0.05, 0) is 54.5 Å². The van der Waals surface area contributed by atoms with Crippen molar-refractivity contribution in [3.8, 4) is 0 Å². The summed E-state index contributed by atoms with van der Waals surface area (Å²) in [4.78, 5) is 15.0. The van der Waals surface area contributed by atoms with Gasteiger partial charge >= 0.3 is 0 Å². The fraction of sp³-hybridized carbons (Fsp3) is 0.227. The lowest BCUT2D eigenvalue weighted by molar-refractivity contribution is -0.114. The number of amides is 1. The van der Waals surface area contributed by atoms with Gasteiger partial charge in [-0.25, -0.2) is 0 Å². The lowest BCUT2D eigenvalue weighted by Crippen LogP contribution is -2.25. The molecule has 1 unspecified atom stereocenters. The average Bonchev–Trinajstić information content (AvgIpc) is 2.88. The van der Waals surface area contributed by atoms with E-state index in [1.165, 1.54) is 5.57 Å². The molecule has 0 N–H and O–H groups in total. The molecule has 0 spiro atoms. The van der Waals surface area contributed by atoms with Crippen LogP contribution in [0.25, 0.3) is 6.08 Å². The Balaban J connectivity index is 1.84. The van der Waals surface area contributed by atoms with Crippen molar-refractivity contribution >= 4 is 17.7 Å². The van der Waals surface area contributed by atoms with E-state index in [0.29, 0.717) is 5.92 Å². The monoisotopic (exact) mass is 315 g/mol. The van der Waals surface area contributed by atoms with Gasteiger partial charge in [0, 0.05) is 11.3 Å². The van der Waals surface area contributed by atoms with Crippen molar-refractivity contribution < 1.29 is 4.79 Å². The maximum absolute atomic E-state index is 13.1. The van der Waals surface area contributed by atoms with Gasteiger partial charge in [0.2, 0.25) is 0 Å². The lowest BCUT2D eigenvalue weighted by Gasteiger charge is -2.20. The number of para-hydroxylation sites is 1. The molecule has 1 aliphatic carbocycles. The van der Waals surface area contributed by atoms with Crippen LogP contribution in [0.4, 0.5) is 5.69 Å². The second-order valence-electron chi connectivity index (χ2n) is 6.72. The van der Waals surface area contributed by atoms with Crippen LogP contribution in [0.2, 0.25) is 0 Å². The first-order valence-corrected chi connectivity index (χ1v) is 8.62. The summed E-state index contributed by atoms with van der Waals surface area (Å²) in [6.07, 6.45) is 5.19. The summed E-state index contributed by atoms with van der Waals surface area (Å²) in [6.45, 7) is 2.24. The minimum absolute atomic E-state index is 0.157. The number of nitrogens with zero attached hydrogens (tertiary/aromatic N) is 1. The molecule has 1 amide bonds. The average molecular weight is 315 g/mol. The second-order valence-corrected chi connectivity index (χ2v) is 6.72. The van der Waals surface area contributed by atoms with Crippen LogP contribution in [-0.2, 0) is 4.79 Å². The Labute approximate surface area is 143 Å². The predicted octanol–water partition coefficient (Wildman–Crippen LogP) is 5.19. The lowest BCUT2D eigenvalue weighted by atomic mass is 9.85. The molecular formula is C22H21NO. The van der Waals surface area contributed by atoms with Crippen molar-refractivity contribution in [2.45, 2.75) is 26.2 Å². The van der Waals surface area contributed by atoms with Gasteiger partial charge in [0.05, 0.1) is 5.70 Å². The minimum Gasteiger partial charge on any atom is -0.277 e. The Bertz CT molecular complexity index is 818. The Morgan fingerprint density at radius 3 is 2.33 bits per heavy atom. The third-order valence-electron chi connectivity index (χ3n) is 4.93. The molecule has 0 aromatic heterocycles. The van der Waals surface area contributed by atoms with Crippen molar-refractivity contribution in [3.05, 3.63) is 83.1 Å². The van der Waals surface area contributed by atoms with E-state index < -0.39 is 0 Å². The maximum Gasteiger partial charge on any atom is 0.259 e. The van der Waals surface area contributed by atoms with Gasteiger partial charge in [-0.1, -0.05) is 55.5 Å². The van der Waals surface area contributed by atoms with Crippen molar-refractivity contribution in [3.63, 3.8) is 0 Å². The number of carbonyl (C=O) groups excluding carboxylic acids is 1. The van der Waals surface area contributed by atoms with E-state index in [4.69, 9.17) is 0 Å². The number of rotatable bonds is 2. The highest BCUT2D eigenvalue weighted by atomic mass is 16.2. The molecule has 2 aromatic carbocycles. The summed E-state index contributed by atoms with van der Waals surface area (Å²) in [6, 6.07) is 20.3. The van der Waals surface area contributed by atoms with Gasteiger partial charge in [0.1, 0.15) is 0 Å². The van der Waals surface area contributed by atoms with Gasteiger partial charge in [-0.3, -0.25) is 9.69 Å². The third kappa shape index (κ3) is 2.58. The van der Waals surface area contributed by atoms with E-state index in [-0.39, 0.29) is 5.91 Å². The largest absolute Gasteiger partial charge is 0.277 e. The molecular weight excluding hydrogens is 294 g/mol. The predicted molar refractivity (Wildman–Crippen MR) is 98.4 cm³/mol. The summed E-state index contributed by atoms with van der Waals surface area (Å²) in [5.74, 6) is 0.742. The number of hydrogen-bond donors (Lipinski definition) is 0. The normalized spacial score (nSPS) is 22.2. The van der Waals surface area contributed by atoms with Gasteiger partial charge < -0.3 is 0 Å². The Morgan fingerprint density at radius 1 is 0.958 bits per heavy atom. The highest BCUT2D eigenvalue weighted by molar-refractivity contribution is 6.14. The highest BCUT2D eigenvalue weighted by Gasteiger charge is 2.38. The molecule has 2 aromatic rings. The van der Waals surface area contributed by atoms with E-state index in [9.17, 15) is 4.79 Å². The van der Waals surface area contributed by atoms with Crippen molar-refractivity contribution in [1.29, 1.82) is 0 Å². The van der Waals surface area contributed by atoms with Gasteiger partial charge in [-0.15, -0.1) is 0 Å². The fourth-order valence-corrected chi connectivity index (χ4v) is 3.69. The SMILES string of the molecule is CC1CCC2=C(C1)C(=O)N(c1ccccc1)/C2=C/c1ccccc1. The first-order chi connectivity index (χ1) is 11.7. The molecule has 0 saturated carbocycles. The molecule has 0 fully saturated rings. The summed E-state index contributed by atoms with van der Waals surface area (Å²) in [5, 5.41) is 0. The number of allylic oxidation sites excluding steroid dienone is 1. The summed E-state index contributed by atoms with van der Waals surface area (Å²) >= 11 is 0. The van der Waals surface area contributed by atoms with Crippen LogP contribution >= 0.6 is 0 Å². The van der Waals surface area contributed by atoms with Crippen LogP contribution in [0.5, 0.6) is 0 Å². The molecule has 0 bridgehead atoms. The van der Waals surface area contributed by atoms with Gasteiger partial charge in [0.25, 0.3) is 5.91 Å². The van der Waals surface area contributed by atoms with Crippen molar-refractivity contribution in [2.75, 3.05) is 4.90 Å². The topological polar surface area (TPSA) is 20.3 Å². The quantitative estimate of drug-likeness (QED) is 0.746. The second kappa shape index (κ2) is 6.12. The van der Waals surface area contributed by atoms with Gasteiger partial charge in [-0.2, -0.15) is 0 Å². The summed E-state index contributed by atoms with van der Waals surface area (Å²) < 4.78 is 0. The standard InChI is InChI=1S/C22H21NO/c1-16-12-13-19-20(14-16)22(24)23(18-10-6-3-7-11-18)21(19)15-17-8-4-2-5-9-17/h2-11,15-16H,12-14H2,1H3/b21-15+. The molecule has 120 valence electrons. The van der Waals surface area contributed by atoms with E-state index in [1.807, 2.05) is 53.4 Å². The first kappa shape index (κ1) is 14.9. The van der Waals surface area contributed by atoms with Crippen LogP contribution in [0.1, 0.15) is 31.7 Å². The molecule has 2 nitrogen and oxygen atoms in total. The molecule has 24 heavy (non-hydrogen) atoms. The van der Waals surface area contributed by atoms with E-state index in [2.05, 4.69) is 25.1 Å². The van der Waals surface area contributed by atoms with Crippen LogP contribution in [0, 0.1) is 5.92 Å². The molecule has 0 saturated heterocycles. The van der Waals surface area contributed by atoms with Crippen LogP contribution in [0.3, 0.4) is 0 Å². The van der Waals surface area contributed by atoms with E-state index >= 15 is 0 Å². The van der Waals surface area contributed by atoms with Crippen LogP contribution < -0.4 is 4.90 Å². The summed E-state index contributed by atoms with van der Waals surface area (Å²) in [5.41, 5.74) is 5.39. The molecule has 1 heterocycles. The molecule has 1 atom stereocenters. The maximum atomic E-state index is 13.1. The fourth-order valence-electron chi connectivity index (χ4n) is 3.69. The Hall–Kier alpha value is -2.61. The van der Waals surface area contributed by atoms with Gasteiger partial charge in [0.15, 0.2) is 0 Å². The molecule has 2 heteroatoms. The zero-order valence-electron chi connectivity index (χ0n) is 13.9. The zero-order chi connectivity index (χ0) is 16.5. The summed E-state index contributed by atoms with van der Waals surface area (Å²) in [7, 11) is 0. The first-order valence-electron chi connectivity index (χ1n) is 8.62. The van der Waals surface area contributed by atoms with E-state index in [0.717, 1.165) is 41.8 Å². The third-order valence-corrected chi connectivity index (χ3v) is 4.93. The molecule has 1 aliphatic heterocycles. The molecule has 0 radical (unpaired) electrons. The Morgan fingerprint density at radius 2 is 1.62 bits per heavy atom. The number of carbonyl (C=O) groups is 1. The van der Waals surface area contributed by atoms with Crippen molar-refractivity contribution in [1.82, 2.24) is 0 Å². The molecule has 2 aliphatic rings. The van der Waals surface area contributed by atoms with Crippen LogP contribution in [-0.4, -0.2) is 5.91 Å². The number of benzene rings is 2. The smallest absolute Gasteiger partial charge is 0.259 e. The zero-order valence-corrected chi connectivity index (χ0v) is 13.9. The van der Waals surface area contributed by atoms with Crippen LogP contribution in [0.15, 0.2) is 77.5 Å². The number of hydrogen-bond acceptors (Lipinski definition) is 1.